The van der Waals surface area contributed by atoms with Crippen LogP contribution in [0.3, 0.4) is 0 Å². The lowest BCUT2D eigenvalue weighted by Crippen LogP contribution is -2.73. The van der Waals surface area contributed by atoms with Gasteiger partial charge in [0.1, 0.15) is 11.6 Å². The molecule has 7 nitrogen and oxygen atoms in total. The van der Waals surface area contributed by atoms with E-state index in [-0.39, 0.29) is 36.4 Å². The van der Waals surface area contributed by atoms with Gasteiger partial charge in [-0.2, -0.15) is 13.2 Å². The van der Waals surface area contributed by atoms with Crippen LogP contribution in [-0.2, 0) is 13.1 Å². The highest BCUT2D eigenvalue weighted by Gasteiger charge is 2.53. The highest BCUT2D eigenvalue weighted by molar-refractivity contribution is 6.30. The third kappa shape index (κ3) is 4.36. The Labute approximate surface area is 222 Å². The van der Waals surface area contributed by atoms with Gasteiger partial charge in [-0.3, -0.25) is 4.57 Å². The zero-order valence-corrected chi connectivity index (χ0v) is 21.7. The summed E-state index contributed by atoms with van der Waals surface area (Å²) in [5.41, 5.74) is 2.46. The summed E-state index contributed by atoms with van der Waals surface area (Å²) in [6.07, 6.45) is -2.57. The first-order valence-corrected chi connectivity index (χ1v) is 12.8. The van der Waals surface area contributed by atoms with E-state index in [9.17, 15) is 17.6 Å². The van der Waals surface area contributed by atoms with Gasteiger partial charge in [-0.25, -0.2) is 9.37 Å². The van der Waals surface area contributed by atoms with Gasteiger partial charge in [0.15, 0.2) is 5.82 Å². The molecule has 0 radical (unpaired) electrons. The fourth-order valence-electron chi connectivity index (χ4n) is 5.73. The summed E-state index contributed by atoms with van der Waals surface area (Å²) in [7, 11) is 0. The number of allylic oxidation sites excluding steroid dienone is 2. The van der Waals surface area contributed by atoms with E-state index < -0.39 is 6.18 Å². The molecule has 200 valence electrons. The van der Waals surface area contributed by atoms with Crippen LogP contribution in [0.15, 0.2) is 42.2 Å². The van der Waals surface area contributed by atoms with Crippen LogP contribution in [0.2, 0.25) is 5.02 Å². The minimum atomic E-state index is -4.42. The Kier molecular flexibility index (Phi) is 5.82. The van der Waals surface area contributed by atoms with Crippen molar-refractivity contribution in [3.05, 3.63) is 70.0 Å². The molecule has 0 amide bonds. The monoisotopic (exact) mass is 547 g/mol. The van der Waals surface area contributed by atoms with Crippen molar-refractivity contribution >= 4 is 23.4 Å². The van der Waals surface area contributed by atoms with E-state index in [1.165, 1.54) is 6.20 Å². The van der Waals surface area contributed by atoms with Gasteiger partial charge in [-0.1, -0.05) is 18.5 Å². The predicted molar refractivity (Wildman–Crippen MR) is 136 cm³/mol. The fourth-order valence-corrected chi connectivity index (χ4v) is 5.92. The van der Waals surface area contributed by atoms with Crippen molar-refractivity contribution in [3.8, 4) is 5.69 Å². The van der Waals surface area contributed by atoms with E-state index in [0.29, 0.717) is 28.4 Å². The number of aromatic nitrogens is 4. The number of rotatable bonds is 4. The van der Waals surface area contributed by atoms with Gasteiger partial charge in [0.25, 0.3) is 0 Å². The minimum absolute atomic E-state index is 0.0841. The second-order valence-corrected chi connectivity index (χ2v) is 10.9. The van der Waals surface area contributed by atoms with Crippen LogP contribution in [-0.4, -0.2) is 57.0 Å². The molecule has 5 heterocycles. The molecule has 3 aromatic rings. The third-order valence-electron chi connectivity index (χ3n) is 7.53. The molecule has 2 aromatic heterocycles. The third-order valence-corrected chi connectivity index (χ3v) is 7.77. The number of fused-ring (bicyclic) bond motifs is 3. The molecule has 6 rings (SSSR count). The van der Waals surface area contributed by atoms with E-state index in [0.717, 1.165) is 43.2 Å². The van der Waals surface area contributed by atoms with Crippen LogP contribution in [0, 0.1) is 18.2 Å². The lowest BCUT2D eigenvalue weighted by Gasteiger charge is -2.60. The lowest BCUT2D eigenvalue weighted by atomic mass is 9.73. The zero-order valence-electron chi connectivity index (χ0n) is 20.9. The van der Waals surface area contributed by atoms with Gasteiger partial charge >= 0.3 is 6.18 Å². The van der Waals surface area contributed by atoms with Crippen molar-refractivity contribution < 1.29 is 17.6 Å². The second kappa shape index (κ2) is 8.86. The number of nitrogens with zero attached hydrogens (tertiary/aromatic N) is 7. The van der Waals surface area contributed by atoms with E-state index in [1.807, 2.05) is 10.6 Å². The molecule has 38 heavy (non-hydrogen) atoms. The summed E-state index contributed by atoms with van der Waals surface area (Å²) >= 11 is 6.29. The maximum atomic E-state index is 13.6. The summed E-state index contributed by atoms with van der Waals surface area (Å²) in [6, 6.07) is 7.21. The van der Waals surface area contributed by atoms with Crippen molar-refractivity contribution in [3.63, 3.8) is 0 Å². The Morgan fingerprint density at radius 2 is 1.82 bits per heavy atom. The SMILES string of the molecule is CC/C(=C\C(F)(F)F)N1Cc2cc(Cl)ccc2-n2c(nnc2N2CC3(CN(c4cc(C)c(F)cn4)C3)C2)C1. The molecule has 3 aliphatic rings. The maximum Gasteiger partial charge on any atom is 0.411 e. The molecule has 3 aliphatic heterocycles. The first kappa shape index (κ1) is 25.0. The number of halogens is 5. The molecule has 12 heteroatoms. The second-order valence-electron chi connectivity index (χ2n) is 10.4. The Bertz CT molecular complexity index is 1420. The van der Waals surface area contributed by atoms with E-state index in [1.54, 1.807) is 36.9 Å². The van der Waals surface area contributed by atoms with Crippen LogP contribution < -0.4 is 9.80 Å². The van der Waals surface area contributed by atoms with Crippen molar-refractivity contribution in [2.75, 3.05) is 36.0 Å². The number of pyridine rings is 1. The van der Waals surface area contributed by atoms with Gasteiger partial charge < -0.3 is 14.7 Å². The largest absolute Gasteiger partial charge is 0.411 e. The van der Waals surface area contributed by atoms with Crippen molar-refractivity contribution in [2.45, 2.75) is 39.5 Å². The Hall–Kier alpha value is -3.34. The zero-order chi connectivity index (χ0) is 26.8. The molecule has 0 saturated carbocycles. The quantitative estimate of drug-likeness (QED) is 0.415. The molecule has 0 unspecified atom stereocenters. The summed E-state index contributed by atoms with van der Waals surface area (Å²) in [6.45, 7) is 7.06. The normalized spacial score (nSPS) is 18.6. The molecule has 0 bridgehead atoms. The Balaban J connectivity index is 1.26. The van der Waals surface area contributed by atoms with E-state index in [4.69, 9.17) is 11.6 Å². The lowest BCUT2D eigenvalue weighted by molar-refractivity contribution is -0.0819. The molecular weight excluding hydrogens is 522 g/mol. The summed E-state index contributed by atoms with van der Waals surface area (Å²) in [4.78, 5) is 10.2. The summed E-state index contributed by atoms with van der Waals surface area (Å²) < 4.78 is 55.4. The summed E-state index contributed by atoms with van der Waals surface area (Å²) in [5, 5.41) is 9.39. The molecule has 1 spiro atoms. The van der Waals surface area contributed by atoms with Crippen LogP contribution in [0.25, 0.3) is 5.69 Å². The van der Waals surface area contributed by atoms with Crippen molar-refractivity contribution in [1.29, 1.82) is 0 Å². The molecule has 1 aromatic carbocycles. The van der Waals surface area contributed by atoms with Gasteiger partial charge in [-0.05, 0) is 48.7 Å². The van der Waals surface area contributed by atoms with Crippen LogP contribution >= 0.6 is 11.6 Å². The van der Waals surface area contributed by atoms with Crippen LogP contribution in [0.4, 0.5) is 29.3 Å². The number of hydrogen-bond donors (Lipinski definition) is 0. The number of aryl methyl sites for hydroxylation is 1. The average molecular weight is 548 g/mol. The van der Waals surface area contributed by atoms with Gasteiger partial charge in [0.05, 0.1) is 18.4 Å². The molecular formula is C26H26ClF4N7. The molecule has 0 aliphatic carbocycles. The van der Waals surface area contributed by atoms with Crippen LogP contribution in [0.1, 0.15) is 30.3 Å². The smallest absolute Gasteiger partial charge is 0.363 e. The molecule has 2 fully saturated rings. The Morgan fingerprint density at radius 3 is 2.50 bits per heavy atom. The van der Waals surface area contributed by atoms with Gasteiger partial charge in [0.2, 0.25) is 5.95 Å². The highest BCUT2D eigenvalue weighted by atomic mass is 35.5. The number of alkyl halides is 3. The predicted octanol–water partition coefficient (Wildman–Crippen LogP) is 5.26. The van der Waals surface area contributed by atoms with Gasteiger partial charge in [0, 0.05) is 54.9 Å². The molecule has 0 N–H and O–H groups in total. The summed E-state index contributed by atoms with van der Waals surface area (Å²) in [5.74, 6) is 1.70. The fraction of sp³-hybridized carbons (Fsp3) is 0.423. The van der Waals surface area contributed by atoms with Crippen LogP contribution in [0.5, 0.6) is 0 Å². The highest BCUT2D eigenvalue weighted by Crippen LogP contribution is 2.44. The maximum absolute atomic E-state index is 13.6. The number of benzene rings is 1. The first-order chi connectivity index (χ1) is 18.0. The average Bonchev–Trinajstić information content (AvgIpc) is 3.12. The van der Waals surface area contributed by atoms with Crippen molar-refractivity contribution in [2.24, 2.45) is 5.41 Å². The Morgan fingerprint density at radius 1 is 1.08 bits per heavy atom. The van der Waals surface area contributed by atoms with Gasteiger partial charge in [-0.15, -0.1) is 10.2 Å². The topological polar surface area (TPSA) is 53.3 Å². The molecule has 2 saturated heterocycles. The standard InChI is InChI=1S/C26H26ClF4N7/c1-3-19(8-26(29,30)31)35-10-17-7-18(27)4-5-21(17)38-23(11-35)33-34-24(38)37-14-25(15-37)12-36(13-25)22-6-16(2)20(28)9-32-22/h4-9H,3,10-15H2,1-2H3/b19-8+. The number of anilines is 2. The minimum Gasteiger partial charge on any atom is -0.363 e. The van der Waals surface area contributed by atoms with E-state index >= 15 is 0 Å². The van der Waals surface area contributed by atoms with Crippen molar-refractivity contribution in [1.82, 2.24) is 24.6 Å². The first-order valence-electron chi connectivity index (χ1n) is 12.4. The molecule has 0 atom stereocenters. The number of hydrogen-bond acceptors (Lipinski definition) is 6. The van der Waals surface area contributed by atoms with E-state index in [2.05, 4.69) is 25.0 Å².